The molecule has 1 aromatic carbocycles. The van der Waals surface area contributed by atoms with Crippen molar-refractivity contribution in [3.05, 3.63) is 65.3 Å². The van der Waals surface area contributed by atoms with E-state index in [0.717, 1.165) is 0 Å². The lowest BCUT2D eigenvalue weighted by Crippen LogP contribution is -2.26. The van der Waals surface area contributed by atoms with Crippen LogP contribution in [0.15, 0.2) is 58.4 Å². The number of nitrogens with zero attached hydrogens (tertiary/aromatic N) is 1. The minimum atomic E-state index is -0.744. The standard InChI is InChI=1S/C22H23NO6/c1-4-27-17-11-8-14(13-18(17)28-5-2)20-19(21(25)22(26)23(20)3)16(24)10-9-15-7-6-12-29-15/h6-13,20,25H,4-5H2,1-3H3/b10-9+. The number of aliphatic hydroxyl groups excluding tert-OH is 1. The molecule has 0 radical (unpaired) electrons. The maximum Gasteiger partial charge on any atom is 0.289 e. The summed E-state index contributed by atoms with van der Waals surface area (Å²) >= 11 is 0. The molecule has 3 rings (SSSR count). The Hall–Kier alpha value is -3.48. The van der Waals surface area contributed by atoms with Crippen molar-refractivity contribution in [2.24, 2.45) is 0 Å². The predicted molar refractivity (Wildman–Crippen MR) is 107 cm³/mol. The highest BCUT2D eigenvalue weighted by molar-refractivity contribution is 6.14. The van der Waals surface area contributed by atoms with Gasteiger partial charge in [0.1, 0.15) is 5.76 Å². The second-order valence-corrected chi connectivity index (χ2v) is 6.37. The summed E-state index contributed by atoms with van der Waals surface area (Å²) in [6.07, 6.45) is 4.26. The molecular formula is C22H23NO6. The maximum absolute atomic E-state index is 12.8. The van der Waals surface area contributed by atoms with E-state index >= 15 is 0 Å². The van der Waals surface area contributed by atoms with Crippen LogP contribution in [0.5, 0.6) is 11.5 Å². The first kappa shape index (κ1) is 20.3. The molecule has 2 heterocycles. The molecule has 7 nitrogen and oxygen atoms in total. The van der Waals surface area contributed by atoms with Crippen LogP contribution in [0.25, 0.3) is 6.08 Å². The van der Waals surface area contributed by atoms with Gasteiger partial charge in [-0.15, -0.1) is 0 Å². The summed E-state index contributed by atoms with van der Waals surface area (Å²) in [7, 11) is 1.54. The van der Waals surface area contributed by atoms with E-state index < -0.39 is 23.5 Å². The molecule has 1 aromatic heterocycles. The normalized spacial score (nSPS) is 16.7. The van der Waals surface area contributed by atoms with Crippen molar-refractivity contribution < 1.29 is 28.6 Å². The van der Waals surface area contributed by atoms with E-state index in [1.807, 2.05) is 13.8 Å². The Bertz CT molecular complexity index is 958. The van der Waals surface area contributed by atoms with Gasteiger partial charge in [0.15, 0.2) is 23.0 Å². The molecule has 1 aliphatic heterocycles. The fourth-order valence-corrected chi connectivity index (χ4v) is 3.24. The zero-order chi connectivity index (χ0) is 21.0. The SMILES string of the molecule is CCOc1ccc(C2C(C(=O)/C=C/c3ccco3)=C(O)C(=O)N2C)cc1OCC. The number of furan rings is 1. The van der Waals surface area contributed by atoms with Gasteiger partial charge in [-0.3, -0.25) is 9.59 Å². The summed E-state index contributed by atoms with van der Waals surface area (Å²) in [6.45, 7) is 4.63. The van der Waals surface area contributed by atoms with Crippen molar-refractivity contribution >= 4 is 17.8 Å². The van der Waals surface area contributed by atoms with Gasteiger partial charge in [0, 0.05) is 7.05 Å². The smallest absolute Gasteiger partial charge is 0.289 e. The van der Waals surface area contributed by atoms with Gasteiger partial charge in [-0.1, -0.05) is 6.07 Å². The number of allylic oxidation sites excluding steroid dienone is 1. The van der Waals surface area contributed by atoms with E-state index in [1.54, 1.807) is 30.3 Å². The van der Waals surface area contributed by atoms with Gasteiger partial charge in [-0.2, -0.15) is 0 Å². The lowest BCUT2D eigenvalue weighted by Gasteiger charge is -2.23. The number of aliphatic hydroxyl groups is 1. The summed E-state index contributed by atoms with van der Waals surface area (Å²) in [5.74, 6) is -0.0725. The Labute approximate surface area is 168 Å². The Kier molecular flexibility index (Phi) is 6.07. The van der Waals surface area contributed by atoms with Crippen molar-refractivity contribution in [2.75, 3.05) is 20.3 Å². The second-order valence-electron chi connectivity index (χ2n) is 6.37. The third-order valence-corrected chi connectivity index (χ3v) is 4.53. The lowest BCUT2D eigenvalue weighted by atomic mass is 9.95. The van der Waals surface area contributed by atoms with Gasteiger partial charge in [0.2, 0.25) is 0 Å². The number of carbonyl (C=O) groups excluding carboxylic acids is 2. The van der Waals surface area contributed by atoms with Crippen molar-refractivity contribution in [3.63, 3.8) is 0 Å². The average molecular weight is 397 g/mol. The molecule has 0 fully saturated rings. The zero-order valence-electron chi connectivity index (χ0n) is 16.5. The quantitative estimate of drug-likeness (QED) is 0.684. The molecule has 1 unspecified atom stereocenters. The van der Waals surface area contributed by atoms with Crippen LogP contribution in [0.1, 0.15) is 31.2 Å². The number of benzene rings is 1. The summed E-state index contributed by atoms with van der Waals surface area (Å²) < 4.78 is 16.4. The predicted octanol–water partition coefficient (Wildman–Crippen LogP) is 3.68. The molecule has 0 saturated heterocycles. The number of hydrogen-bond acceptors (Lipinski definition) is 6. The van der Waals surface area contributed by atoms with Crippen molar-refractivity contribution in [1.82, 2.24) is 4.90 Å². The van der Waals surface area contributed by atoms with Crippen LogP contribution < -0.4 is 9.47 Å². The molecule has 0 spiro atoms. The molecule has 0 bridgehead atoms. The molecule has 1 aliphatic rings. The van der Waals surface area contributed by atoms with Crippen LogP contribution in [-0.4, -0.2) is 42.0 Å². The highest BCUT2D eigenvalue weighted by Crippen LogP contribution is 2.40. The first-order valence-electron chi connectivity index (χ1n) is 9.33. The van der Waals surface area contributed by atoms with Crippen LogP contribution in [0.4, 0.5) is 0 Å². The monoisotopic (exact) mass is 397 g/mol. The summed E-state index contributed by atoms with van der Waals surface area (Å²) in [5.41, 5.74) is 0.637. The van der Waals surface area contributed by atoms with Gasteiger partial charge in [0.25, 0.3) is 5.91 Å². The Balaban J connectivity index is 1.99. The van der Waals surface area contributed by atoms with Crippen LogP contribution >= 0.6 is 0 Å². The van der Waals surface area contributed by atoms with Gasteiger partial charge in [-0.05, 0) is 55.8 Å². The van der Waals surface area contributed by atoms with Gasteiger partial charge in [-0.25, -0.2) is 0 Å². The molecule has 0 aliphatic carbocycles. The van der Waals surface area contributed by atoms with Crippen molar-refractivity contribution in [3.8, 4) is 11.5 Å². The van der Waals surface area contributed by atoms with E-state index in [1.165, 1.54) is 30.4 Å². The van der Waals surface area contributed by atoms with E-state index in [9.17, 15) is 14.7 Å². The van der Waals surface area contributed by atoms with Crippen LogP contribution in [0, 0.1) is 0 Å². The lowest BCUT2D eigenvalue weighted by molar-refractivity contribution is -0.128. The van der Waals surface area contributed by atoms with Gasteiger partial charge >= 0.3 is 0 Å². The first-order valence-corrected chi connectivity index (χ1v) is 9.33. The molecule has 7 heteroatoms. The zero-order valence-corrected chi connectivity index (χ0v) is 16.5. The molecule has 152 valence electrons. The molecule has 1 N–H and O–H groups in total. The summed E-state index contributed by atoms with van der Waals surface area (Å²) in [5, 5.41) is 10.4. The number of carbonyl (C=O) groups is 2. The van der Waals surface area contributed by atoms with Crippen LogP contribution in [0.2, 0.25) is 0 Å². The van der Waals surface area contributed by atoms with Gasteiger partial charge in [0.05, 0.1) is 31.1 Å². The Morgan fingerprint density at radius 3 is 2.59 bits per heavy atom. The molecule has 0 saturated carbocycles. The first-order chi connectivity index (χ1) is 14.0. The third-order valence-electron chi connectivity index (χ3n) is 4.53. The van der Waals surface area contributed by atoms with E-state index in [4.69, 9.17) is 13.9 Å². The highest BCUT2D eigenvalue weighted by atomic mass is 16.5. The molecule has 2 aromatic rings. The Morgan fingerprint density at radius 1 is 1.21 bits per heavy atom. The van der Waals surface area contributed by atoms with E-state index in [0.29, 0.717) is 36.0 Å². The largest absolute Gasteiger partial charge is 0.503 e. The maximum atomic E-state index is 12.8. The topological polar surface area (TPSA) is 89.2 Å². The fourth-order valence-electron chi connectivity index (χ4n) is 3.24. The van der Waals surface area contributed by atoms with Gasteiger partial charge < -0.3 is 23.9 Å². The van der Waals surface area contributed by atoms with Crippen LogP contribution in [0.3, 0.4) is 0 Å². The Morgan fingerprint density at radius 2 is 1.93 bits per heavy atom. The summed E-state index contributed by atoms with van der Waals surface area (Å²) in [4.78, 5) is 26.5. The summed E-state index contributed by atoms with van der Waals surface area (Å²) in [6, 6.07) is 7.87. The molecular weight excluding hydrogens is 374 g/mol. The molecule has 1 atom stereocenters. The molecule has 1 amide bonds. The average Bonchev–Trinajstić information content (AvgIpc) is 3.31. The van der Waals surface area contributed by atoms with Crippen molar-refractivity contribution in [2.45, 2.75) is 19.9 Å². The minimum absolute atomic E-state index is 0.00640. The fraction of sp³-hybridized carbons (Fsp3) is 0.273. The minimum Gasteiger partial charge on any atom is -0.503 e. The van der Waals surface area contributed by atoms with E-state index in [-0.39, 0.29) is 5.57 Å². The van der Waals surface area contributed by atoms with Crippen LogP contribution in [-0.2, 0) is 9.59 Å². The second kappa shape index (κ2) is 8.68. The van der Waals surface area contributed by atoms with E-state index in [2.05, 4.69) is 0 Å². The highest BCUT2D eigenvalue weighted by Gasteiger charge is 2.41. The van der Waals surface area contributed by atoms with Crippen molar-refractivity contribution in [1.29, 1.82) is 0 Å². The number of rotatable bonds is 8. The number of ether oxygens (including phenoxy) is 2. The number of likely N-dealkylation sites (N-methyl/N-ethyl adjacent to an activating group) is 1. The number of hydrogen-bond donors (Lipinski definition) is 1. The number of amides is 1. The number of ketones is 1. The third kappa shape index (κ3) is 4.03. The molecule has 29 heavy (non-hydrogen) atoms.